The first kappa shape index (κ1) is 14.5. The Morgan fingerprint density at radius 2 is 1.86 bits per heavy atom. The first-order valence-corrected chi connectivity index (χ1v) is 6.01. The van der Waals surface area contributed by atoms with E-state index in [1.54, 1.807) is 6.92 Å². The van der Waals surface area contributed by atoms with Gasteiger partial charge in [0.05, 0.1) is 11.3 Å². The molecule has 2 aromatic carbocycles. The maximum absolute atomic E-state index is 13.3. The lowest BCUT2D eigenvalue weighted by atomic mass is 10.1. The molecule has 0 fully saturated rings. The van der Waals surface area contributed by atoms with Gasteiger partial charge < -0.3 is 15.5 Å². The Bertz CT molecular complexity index is 707. The molecule has 2 rings (SSSR count). The Morgan fingerprint density at radius 3 is 2.48 bits per heavy atom. The second kappa shape index (κ2) is 5.62. The average molecular weight is 289 g/mol. The SMILES string of the molecule is Cc1cc(F)cc(C(=O)Nc2ccc(O)cc2C(=O)O)c1. The van der Waals surface area contributed by atoms with Crippen LogP contribution in [0.15, 0.2) is 36.4 Å². The average Bonchev–Trinajstić information content (AvgIpc) is 2.39. The molecular formula is C15H12FNO4. The van der Waals surface area contributed by atoms with Gasteiger partial charge in [0, 0.05) is 5.56 Å². The number of aryl methyl sites for hydroxylation is 1. The van der Waals surface area contributed by atoms with Crippen molar-refractivity contribution < 1.29 is 24.2 Å². The van der Waals surface area contributed by atoms with Crippen LogP contribution in [0.3, 0.4) is 0 Å². The van der Waals surface area contributed by atoms with Crippen LogP contribution in [0.25, 0.3) is 0 Å². The minimum atomic E-state index is -1.29. The third-order valence-electron chi connectivity index (χ3n) is 2.79. The zero-order valence-corrected chi connectivity index (χ0v) is 11.1. The van der Waals surface area contributed by atoms with Gasteiger partial charge in [0.25, 0.3) is 5.91 Å². The van der Waals surface area contributed by atoms with Gasteiger partial charge in [-0.2, -0.15) is 0 Å². The third kappa shape index (κ3) is 3.36. The third-order valence-corrected chi connectivity index (χ3v) is 2.79. The van der Waals surface area contributed by atoms with Crippen LogP contribution in [0, 0.1) is 12.7 Å². The van der Waals surface area contributed by atoms with Crippen LogP contribution in [0.2, 0.25) is 0 Å². The standard InChI is InChI=1S/C15H12FNO4/c1-8-4-9(6-10(16)5-8)14(19)17-13-3-2-11(18)7-12(13)15(20)21/h2-7,18H,1H3,(H,17,19)(H,20,21). The van der Waals surface area contributed by atoms with Crippen LogP contribution < -0.4 is 5.32 Å². The summed E-state index contributed by atoms with van der Waals surface area (Å²) in [6, 6.07) is 7.36. The van der Waals surface area contributed by atoms with Crippen molar-refractivity contribution in [3.8, 4) is 5.75 Å². The van der Waals surface area contributed by atoms with Crippen LogP contribution in [0.1, 0.15) is 26.3 Å². The van der Waals surface area contributed by atoms with Crippen molar-refractivity contribution >= 4 is 17.6 Å². The molecule has 0 aliphatic heterocycles. The lowest BCUT2D eigenvalue weighted by Crippen LogP contribution is -2.15. The highest BCUT2D eigenvalue weighted by atomic mass is 19.1. The Hall–Kier alpha value is -2.89. The summed E-state index contributed by atoms with van der Waals surface area (Å²) in [5, 5.41) is 20.7. The summed E-state index contributed by atoms with van der Waals surface area (Å²) in [5.41, 5.74) is 0.421. The van der Waals surface area contributed by atoms with Gasteiger partial charge in [-0.15, -0.1) is 0 Å². The summed E-state index contributed by atoms with van der Waals surface area (Å²) in [5.74, 6) is -2.71. The van der Waals surface area contributed by atoms with Crippen molar-refractivity contribution in [1.82, 2.24) is 0 Å². The molecule has 0 aliphatic carbocycles. The van der Waals surface area contributed by atoms with E-state index in [2.05, 4.69) is 5.32 Å². The molecule has 0 bridgehead atoms. The molecule has 0 aromatic heterocycles. The van der Waals surface area contributed by atoms with Gasteiger partial charge in [-0.1, -0.05) is 0 Å². The van der Waals surface area contributed by atoms with Gasteiger partial charge >= 0.3 is 5.97 Å². The molecule has 5 nitrogen and oxygen atoms in total. The van der Waals surface area contributed by atoms with E-state index in [-0.39, 0.29) is 22.6 Å². The monoisotopic (exact) mass is 289 g/mol. The summed E-state index contributed by atoms with van der Waals surface area (Å²) in [7, 11) is 0. The quantitative estimate of drug-likeness (QED) is 0.758. The second-order valence-electron chi connectivity index (χ2n) is 4.51. The molecular weight excluding hydrogens is 277 g/mol. The predicted molar refractivity (Wildman–Crippen MR) is 74.2 cm³/mol. The van der Waals surface area contributed by atoms with E-state index in [0.717, 1.165) is 12.1 Å². The first-order valence-electron chi connectivity index (χ1n) is 6.01. The summed E-state index contributed by atoms with van der Waals surface area (Å²) < 4.78 is 13.3. The van der Waals surface area contributed by atoms with Crippen LogP contribution in [-0.4, -0.2) is 22.1 Å². The fraction of sp³-hybridized carbons (Fsp3) is 0.0667. The van der Waals surface area contributed by atoms with E-state index in [1.165, 1.54) is 24.3 Å². The highest BCUT2D eigenvalue weighted by Gasteiger charge is 2.15. The van der Waals surface area contributed by atoms with Crippen molar-refractivity contribution in [3.05, 3.63) is 58.9 Å². The number of aromatic carboxylic acids is 1. The van der Waals surface area contributed by atoms with Gasteiger partial charge in [0.1, 0.15) is 11.6 Å². The molecule has 1 amide bonds. The number of amides is 1. The fourth-order valence-corrected chi connectivity index (χ4v) is 1.88. The minimum absolute atomic E-state index is 0.0206. The number of carbonyl (C=O) groups is 2. The molecule has 6 heteroatoms. The molecule has 0 aliphatic rings. The molecule has 0 radical (unpaired) electrons. The van der Waals surface area contributed by atoms with E-state index in [9.17, 15) is 19.1 Å². The van der Waals surface area contributed by atoms with Gasteiger partial charge in [0.15, 0.2) is 0 Å². The van der Waals surface area contributed by atoms with E-state index in [1.807, 2.05) is 0 Å². The van der Waals surface area contributed by atoms with Gasteiger partial charge in [-0.05, 0) is 48.9 Å². The number of carboxylic acid groups (broad SMARTS) is 1. The largest absolute Gasteiger partial charge is 0.508 e. The van der Waals surface area contributed by atoms with Crippen LogP contribution in [0.4, 0.5) is 10.1 Å². The Labute approximate surface area is 119 Å². The normalized spacial score (nSPS) is 10.2. The lowest BCUT2D eigenvalue weighted by molar-refractivity contribution is 0.0697. The van der Waals surface area contributed by atoms with Gasteiger partial charge in [-0.3, -0.25) is 4.79 Å². The molecule has 0 atom stereocenters. The topological polar surface area (TPSA) is 86.6 Å². The van der Waals surface area contributed by atoms with E-state index in [4.69, 9.17) is 5.11 Å². The molecule has 0 saturated carbocycles. The number of benzene rings is 2. The van der Waals surface area contributed by atoms with Crippen molar-refractivity contribution in [1.29, 1.82) is 0 Å². The van der Waals surface area contributed by atoms with Crippen molar-refractivity contribution in [2.45, 2.75) is 6.92 Å². The maximum Gasteiger partial charge on any atom is 0.337 e. The number of nitrogens with one attached hydrogen (secondary N) is 1. The zero-order chi connectivity index (χ0) is 15.6. The molecule has 2 aromatic rings. The maximum atomic E-state index is 13.3. The summed E-state index contributed by atoms with van der Waals surface area (Å²) >= 11 is 0. The summed E-state index contributed by atoms with van der Waals surface area (Å²) in [4.78, 5) is 23.1. The number of hydrogen-bond acceptors (Lipinski definition) is 3. The summed E-state index contributed by atoms with van der Waals surface area (Å²) in [6.07, 6.45) is 0. The smallest absolute Gasteiger partial charge is 0.337 e. The second-order valence-corrected chi connectivity index (χ2v) is 4.51. The Kier molecular flexibility index (Phi) is 3.89. The van der Waals surface area contributed by atoms with Crippen LogP contribution >= 0.6 is 0 Å². The number of anilines is 1. The number of carboxylic acids is 1. The zero-order valence-electron chi connectivity index (χ0n) is 11.1. The van der Waals surface area contributed by atoms with Crippen molar-refractivity contribution in [2.24, 2.45) is 0 Å². The predicted octanol–water partition coefficient (Wildman–Crippen LogP) is 2.79. The number of rotatable bonds is 3. The van der Waals surface area contributed by atoms with Crippen LogP contribution in [-0.2, 0) is 0 Å². The number of carbonyl (C=O) groups excluding carboxylic acids is 1. The van der Waals surface area contributed by atoms with Gasteiger partial charge in [0.2, 0.25) is 0 Å². The molecule has 108 valence electrons. The highest BCUT2D eigenvalue weighted by Crippen LogP contribution is 2.22. The number of hydrogen-bond donors (Lipinski definition) is 3. The number of phenols is 1. The first-order chi connectivity index (χ1) is 9.86. The van der Waals surface area contributed by atoms with E-state index >= 15 is 0 Å². The summed E-state index contributed by atoms with van der Waals surface area (Å²) in [6.45, 7) is 1.64. The molecule has 0 saturated heterocycles. The molecule has 0 heterocycles. The van der Waals surface area contributed by atoms with E-state index in [0.29, 0.717) is 5.56 Å². The Morgan fingerprint density at radius 1 is 1.14 bits per heavy atom. The fourth-order valence-electron chi connectivity index (χ4n) is 1.88. The highest BCUT2D eigenvalue weighted by molar-refractivity contribution is 6.07. The number of halogens is 1. The number of phenolic OH excluding ortho intramolecular Hbond substituents is 1. The minimum Gasteiger partial charge on any atom is -0.508 e. The molecule has 3 N–H and O–H groups in total. The molecule has 21 heavy (non-hydrogen) atoms. The van der Waals surface area contributed by atoms with Crippen LogP contribution in [0.5, 0.6) is 5.75 Å². The van der Waals surface area contributed by atoms with Crippen molar-refractivity contribution in [2.75, 3.05) is 5.32 Å². The lowest BCUT2D eigenvalue weighted by Gasteiger charge is -2.09. The molecule has 0 unspecified atom stereocenters. The Balaban J connectivity index is 2.33. The van der Waals surface area contributed by atoms with Gasteiger partial charge in [-0.25, -0.2) is 9.18 Å². The number of aromatic hydroxyl groups is 1. The van der Waals surface area contributed by atoms with E-state index < -0.39 is 17.7 Å². The molecule has 0 spiro atoms. The van der Waals surface area contributed by atoms with Crippen molar-refractivity contribution in [3.63, 3.8) is 0 Å².